The van der Waals surface area contributed by atoms with Crippen LogP contribution in [0.25, 0.3) is 0 Å². The Hall–Kier alpha value is -1.34. The molecule has 7 heteroatoms. The van der Waals surface area contributed by atoms with E-state index in [1.165, 1.54) is 29.7 Å². The number of hydrogen-bond acceptors (Lipinski definition) is 3. The van der Waals surface area contributed by atoms with Gasteiger partial charge in [0.25, 0.3) is 5.91 Å². The number of carbonyl (C=O) groups is 1. The van der Waals surface area contributed by atoms with Crippen molar-refractivity contribution in [1.82, 2.24) is 4.98 Å². The summed E-state index contributed by atoms with van der Waals surface area (Å²) in [5.41, 5.74) is -0.351. The van der Waals surface area contributed by atoms with E-state index in [0.29, 0.717) is 5.13 Å². The Morgan fingerprint density at radius 2 is 2.18 bits per heavy atom. The standard InChI is InChI=1S/C10H5BrF2N2OS/c11-7-4-14-10(17-7)15-9(16)5-2-1-3-6(12)8(5)13/h1-4H,(H,14,15,16). The maximum atomic E-state index is 13.3. The van der Waals surface area contributed by atoms with Gasteiger partial charge in [-0.2, -0.15) is 0 Å². The van der Waals surface area contributed by atoms with Gasteiger partial charge in [-0.25, -0.2) is 13.8 Å². The fourth-order valence-corrected chi connectivity index (χ4v) is 2.26. The molecule has 1 N–H and O–H groups in total. The molecule has 17 heavy (non-hydrogen) atoms. The Kier molecular flexibility index (Phi) is 3.49. The summed E-state index contributed by atoms with van der Waals surface area (Å²) < 4.78 is 26.9. The van der Waals surface area contributed by atoms with E-state index in [0.717, 1.165) is 9.85 Å². The Morgan fingerprint density at radius 3 is 2.82 bits per heavy atom. The molecule has 0 fully saturated rings. The van der Waals surface area contributed by atoms with Gasteiger partial charge in [-0.1, -0.05) is 17.4 Å². The van der Waals surface area contributed by atoms with Crippen molar-refractivity contribution in [3.63, 3.8) is 0 Å². The van der Waals surface area contributed by atoms with Gasteiger partial charge in [0.05, 0.1) is 15.5 Å². The van der Waals surface area contributed by atoms with Crippen molar-refractivity contribution in [3.8, 4) is 0 Å². The molecule has 0 spiro atoms. The maximum absolute atomic E-state index is 13.3. The molecule has 0 bridgehead atoms. The normalized spacial score (nSPS) is 10.3. The van der Waals surface area contributed by atoms with Crippen molar-refractivity contribution < 1.29 is 13.6 Å². The molecule has 1 aromatic heterocycles. The Bertz CT molecular complexity index is 573. The fourth-order valence-electron chi connectivity index (χ4n) is 1.16. The van der Waals surface area contributed by atoms with Gasteiger partial charge in [-0.05, 0) is 28.1 Å². The number of carbonyl (C=O) groups excluding carboxylic acids is 1. The first-order chi connectivity index (χ1) is 8.08. The van der Waals surface area contributed by atoms with Crippen molar-refractivity contribution in [2.75, 3.05) is 5.32 Å². The zero-order valence-electron chi connectivity index (χ0n) is 8.21. The predicted molar refractivity (Wildman–Crippen MR) is 64.1 cm³/mol. The molecule has 0 aliphatic heterocycles. The number of nitrogens with zero attached hydrogens (tertiary/aromatic N) is 1. The zero-order chi connectivity index (χ0) is 12.4. The molecule has 1 aromatic carbocycles. The van der Waals surface area contributed by atoms with Gasteiger partial charge in [-0.15, -0.1) is 0 Å². The van der Waals surface area contributed by atoms with E-state index >= 15 is 0 Å². The highest BCUT2D eigenvalue weighted by Gasteiger charge is 2.16. The molecule has 1 amide bonds. The van der Waals surface area contributed by atoms with E-state index in [-0.39, 0.29) is 5.56 Å². The van der Waals surface area contributed by atoms with Gasteiger partial charge in [0, 0.05) is 0 Å². The van der Waals surface area contributed by atoms with Crippen LogP contribution in [0.2, 0.25) is 0 Å². The number of halogens is 3. The van der Waals surface area contributed by atoms with E-state index in [9.17, 15) is 13.6 Å². The average molecular weight is 319 g/mol. The lowest BCUT2D eigenvalue weighted by Gasteiger charge is -2.03. The molecule has 2 aromatic rings. The Morgan fingerprint density at radius 1 is 1.41 bits per heavy atom. The van der Waals surface area contributed by atoms with Crippen molar-refractivity contribution in [1.29, 1.82) is 0 Å². The highest BCUT2D eigenvalue weighted by Crippen LogP contribution is 2.24. The summed E-state index contributed by atoms with van der Waals surface area (Å²) in [4.78, 5) is 15.5. The molecule has 3 nitrogen and oxygen atoms in total. The summed E-state index contributed by atoms with van der Waals surface area (Å²) in [6, 6.07) is 3.42. The van der Waals surface area contributed by atoms with Gasteiger partial charge in [0.1, 0.15) is 0 Å². The summed E-state index contributed by atoms with van der Waals surface area (Å²) in [7, 11) is 0. The third kappa shape index (κ3) is 2.67. The summed E-state index contributed by atoms with van der Waals surface area (Å²) in [5, 5.41) is 2.69. The van der Waals surface area contributed by atoms with E-state index in [4.69, 9.17) is 0 Å². The molecular formula is C10H5BrF2N2OS. The first-order valence-electron chi connectivity index (χ1n) is 4.44. The minimum atomic E-state index is -1.17. The number of amides is 1. The maximum Gasteiger partial charge on any atom is 0.260 e. The van der Waals surface area contributed by atoms with Crippen LogP contribution in [0.5, 0.6) is 0 Å². The minimum absolute atomic E-state index is 0.311. The highest BCUT2D eigenvalue weighted by molar-refractivity contribution is 9.11. The molecular weight excluding hydrogens is 314 g/mol. The second kappa shape index (κ2) is 4.89. The van der Waals surface area contributed by atoms with Crippen LogP contribution in [-0.2, 0) is 0 Å². The molecule has 0 unspecified atom stereocenters. The van der Waals surface area contributed by atoms with E-state index in [2.05, 4.69) is 26.2 Å². The van der Waals surface area contributed by atoms with Crippen LogP contribution in [0.1, 0.15) is 10.4 Å². The number of thiazole rings is 1. The molecule has 0 atom stereocenters. The zero-order valence-corrected chi connectivity index (χ0v) is 10.6. The number of benzene rings is 1. The van der Waals surface area contributed by atoms with E-state index < -0.39 is 17.5 Å². The largest absolute Gasteiger partial charge is 0.298 e. The first kappa shape index (κ1) is 12.1. The lowest BCUT2D eigenvalue weighted by Crippen LogP contribution is -2.14. The highest BCUT2D eigenvalue weighted by atomic mass is 79.9. The van der Waals surface area contributed by atoms with Crippen LogP contribution < -0.4 is 5.32 Å². The summed E-state index contributed by atoms with van der Waals surface area (Å²) in [6.07, 6.45) is 1.50. The number of rotatable bonds is 2. The average Bonchev–Trinajstić information content (AvgIpc) is 2.68. The summed E-state index contributed by atoms with van der Waals surface area (Å²) in [6.45, 7) is 0. The van der Waals surface area contributed by atoms with Crippen LogP contribution in [0.3, 0.4) is 0 Å². The SMILES string of the molecule is O=C(Nc1ncc(Br)s1)c1cccc(F)c1F. The molecule has 2 rings (SSSR count). The fraction of sp³-hybridized carbons (Fsp3) is 0. The minimum Gasteiger partial charge on any atom is -0.298 e. The molecule has 0 aliphatic rings. The molecule has 88 valence electrons. The molecule has 0 radical (unpaired) electrons. The quantitative estimate of drug-likeness (QED) is 0.921. The number of anilines is 1. The molecule has 0 aliphatic carbocycles. The lowest BCUT2D eigenvalue weighted by molar-refractivity contribution is 0.102. The van der Waals surface area contributed by atoms with Gasteiger partial charge in [0.15, 0.2) is 16.8 Å². The number of aromatic nitrogens is 1. The topological polar surface area (TPSA) is 42.0 Å². The van der Waals surface area contributed by atoms with Crippen LogP contribution in [-0.4, -0.2) is 10.9 Å². The first-order valence-corrected chi connectivity index (χ1v) is 6.05. The number of nitrogens with one attached hydrogen (secondary N) is 1. The van der Waals surface area contributed by atoms with Gasteiger partial charge in [0.2, 0.25) is 0 Å². The summed E-state index contributed by atoms with van der Waals surface area (Å²) in [5.74, 6) is -2.96. The van der Waals surface area contributed by atoms with E-state index in [1.807, 2.05) is 0 Å². The van der Waals surface area contributed by atoms with Gasteiger partial charge in [-0.3, -0.25) is 10.1 Å². The predicted octanol–water partition coefficient (Wildman–Crippen LogP) is 3.44. The van der Waals surface area contributed by atoms with Crippen LogP contribution in [0.4, 0.5) is 13.9 Å². The van der Waals surface area contributed by atoms with Crippen molar-refractivity contribution in [2.24, 2.45) is 0 Å². The second-order valence-corrected chi connectivity index (χ2v) is 5.43. The monoisotopic (exact) mass is 318 g/mol. The van der Waals surface area contributed by atoms with E-state index in [1.54, 1.807) is 0 Å². The number of hydrogen-bond donors (Lipinski definition) is 1. The Balaban J connectivity index is 2.23. The van der Waals surface area contributed by atoms with Crippen LogP contribution in [0.15, 0.2) is 28.2 Å². The van der Waals surface area contributed by atoms with Gasteiger partial charge < -0.3 is 0 Å². The molecule has 1 heterocycles. The Labute approximate surface area is 108 Å². The molecule has 0 saturated carbocycles. The smallest absolute Gasteiger partial charge is 0.260 e. The lowest BCUT2D eigenvalue weighted by atomic mass is 10.2. The molecule has 0 saturated heterocycles. The van der Waals surface area contributed by atoms with Crippen molar-refractivity contribution in [2.45, 2.75) is 0 Å². The second-order valence-electron chi connectivity index (χ2n) is 3.03. The van der Waals surface area contributed by atoms with Crippen molar-refractivity contribution >= 4 is 38.3 Å². The van der Waals surface area contributed by atoms with Crippen LogP contribution in [0, 0.1) is 11.6 Å². The van der Waals surface area contributed by atoms with Crippen LogP contribution >= 0.6 is 27.3 Å². The van der Waals surface area contributed by atoms with Gasteiger partial charge >= 0.3 is 0 Å². The van der Waals surface area contributed by atoms with Crippen molar-refractivity contribution in [3.05, 3.63) is 45.4 Å². The summed E-state index contributed by atoms with van der Waals surface area (Å²) >= 11 is 4.35. The third-order valence-corrected chi connectivity index (χ3v) is 3.29. The third-order valence-electron chi connectivity index (χ3n) is 1.89.